The van der Waals surface area contributed by atoms with Gasteiger partial charge in [0.05, 0.1) is 10.8 Å². The van der Waals surface area contributed by atoms with Crippen molar-refractivity contribution in [2.75, 3.05) is 18.0 Å². The van der Waals surface area contributed by atoms with Gasteiger partial charge in [-0.2, -0.15) is 0 Å². The van der Waals surface area contributed by atoms with Crippen LogP contribution in [0.1, 0.15) is 5.56 Å². The van der Waals surface area contributed by atoms with Gasteiger partial charge < -0.3 is 10.0 Å². The number of hydrogen-bond donors (Lipinski definition) is 1. The maximum Gasteiger partial charge on any atom is 0.310 e. The molecule has 1 aromatic rings. The number of anilines is 1. The normalized spacial score (nSPS) is 15.5. The summed E-state index contributed by atoms with van der Waals surface area (Å²) < 4.78 is 0. The van der Waals surface area contributed by atoms with E-state index in [0.29, 0.717) is 18.8 Å². The van der Waals surface area contributed by atoms with Crippen molar-refractivity contribution in [2.24, 2.45) is 5.92 Å². The minimum atomic E-state index is -0.850. The first-order valence-corrected chi connectivity index (χ1v) is 5.22. The Balaban J connectivity index is 2.28. The van der Waals surface area contributed by atoms with E-state index in [-0.39, 0.29) is 5.69 Å². The number of rotatable bonds is 3. The first-order valence-electron chi connectivity index (χ1n) is 5.22. The lowest BCUT2D eigenvalue weighted by atomic mass is 9.97. The fraction of sp³-hybridized carbons (Fsp3) is 0.364. The van der Waals surface area contributed by atoms with Gasteiger partial charge in [0.2, 0.25) is 0 Å². The summed E-state index contributed by atoms with van der Waals surface area (Å²) in [5.41, 5.74) is 1.37. The molecule has 0 radical (unpaired) electrons. The van der Waals surface area contributed by atoms with Crippen molar-refractivity contribution in [3.63, 3.8) is 0 Å². The molecule has 1 fully saturated rings. The second-order valence-corrected chi connectivity index (χ2v) is 4.14. The maximum atomic E-state index is 10.9. The fourth-order valence-corrected chi connectivity index (χ4v) is 2.02. The molecule has 17 heavy (non-hydrogen) atoms. The van der Waals surface area contributed by atoms with Crippen molar-refractivity contribution < 1.29 is 14.8 Å². The molecule has 90 valence electrons. The Hall–Kier alpha value is -2.11. The number of nitro benzene ring substituents is 1. The van der Waals surface area contributed by atoms with Crippen LogP contribution in [0.5, 0.6) is 0 Å². The highest BCUT2D eigenvalue weighted by Gasteiger charge is 2.36. The van der Waals surface area contributed by atoms with Gasteiger partial charge in [-0.1, -0.05) is 12.1 Å². The van der Waals surface area contributed by atoms with Crippen molar-refractivity contribution in [3.05, 3.63) is 33.9 Å². The summed E-state index contributed by atoms with van der Waals surface area (Å²) >= 11 is 0. The molecule has 1 saturated heterocycles. The smallest absolute Gasteiger partial charge is 0.310 e. The molecule has 2 rings (SSSR count). The lowest BCUT2D eigenvalue weighted by Crippen LogP contribution is -2.50. The zero-order chi connectivity index (χ0) is 12.6. The van der Waals surface area contributed by atoms with Gasteiger partial charge in [-0.15, -0.1) is 0 Å². The van der Waals surface area contributed by atoms with E-state index in [2.05, 4.69) is 0 Å². The average Bonchev–Trinajstić information content (AvgIpc) is 2.17. The third kappa shape index (κ3) is 1.93. The third-order valence-electron chi connectivity index (χ3n) is 2.96. The number of hydrogen-bond acceptors (Lipinski definition) is 4. The number of nitrogens with zero attached hydrogens (tertiary/aromatic N) is 2. The van der Waals surface area contributed by atoms with Crippen molar-refractivity contribution in [1.82, 2.24) is 0 Å². The van der Waals surface area contributed by atoms with Crippen LogP contribution in [0.3, 0.4) is 0 Å². The van der Waals surface area contributed by atoms with Crippen molar-refractivity contribution in [2.45, 2.75) is 6.92 Å². The molecular formula is C11H12N2O4. The van der Waals surface area contributed by atoms with Gasteiger partial charge in [0.15, 0.2) is 0 Å². The predicted molar refractivity (Wildman–Crippen MR) is 61.2 cm³/mol. The van der Waals surface area contributed by atoms with Gasteiger partial charge in [-0.25, -0.2) is 0 Å². The molecule has 6 heteroatoms. The van der Waals surface area contributed by atoms with Gasteiger partial charge in [-0.3, -0.25) is 14.9 Å². The number of para-hydroxylation sites is 1. The summed E-state index contributed by atoms with van der Waals surface area (Å²) in [4.78, 5) is 22.9. The highest BCUT2D eigenvalue weighted by Crippen LogP contribution is 2.35. The number of carboxylic acids is 1. The Bertz CT molecular complexity index is 480. The molecule has 0 aliphatic carbocycles. The molecule has 1 aromatic carbocycles. The molecule has 6 nitrogen and oxygen atoms in total. The van der Waals surface area contributed by atoms with Gasteiger partial charge in [0.1, 0.15) is 5.69 Å². The third-order valence-corrected chi connectivity index (χ3v) is 2.96. The van der Waals surface area contributed by atoms with Crippen LogP contribution in [0.4, 0.5) is 11.4 Å². The van der Waals surface area contributed by atoms with Crippen LogP contribution in [0.2, 0.25) is 0 Å². The Kier molecular flexibility index (Phi) is 2.71. The Morgan fingerprint density at radius 1 is 1.53 bits per heavy atom. The molecule has 0 aromatic heterocycles. The number of carbonyl (C=O) groups is 1. The van der Waals surface area contributed by atoms with E-state index >= 15 is 0 Å². The van der Waals surface area contributed by atoms with Crippen molar-refractivity contribution in [3.8, 4) is 0 Å². The van der Waals surface area contributed by atoms with Gasteiger partial charge in [0, 0.05) is 19.2 Å². The highest BCUT2D eigenvalue weighted by atomic mass is 16.6. The SMILES string of the molecule is Cc1cccc([N+](=O)[O-])c1N1CC(C(=O)O)C1. The van der Waals surface area contributed by atoms with Crippen molar-refractivity contribution >= 4 is 17.3 Å². The molecule has 0 saturated carbocycles. The number of benzene rings is 1. The summed E-state index contributed by atoms with van der Waals surface area (Å²) in [5, 5.41) is 19.7. The van der Waals surface area contributed by atoms with Crippen LogP contribution in [0.25, 0.3) is 0 Å². The Labute approximate surface area is 97.6 Å². The quantitative estimate of drug-likeness (QED) is 0.633. The number of aryl methyl sites for hydroxylation is 1. The van der Waals surface area contributed by atoms with E-state index in [0.717, 1.165) is 5.56 Å². The lowest BCUT2D eigenvalue weighted by Gasteiger charge is -2.38. The van der Waals surface area contributed by atoms with Crippen LogP contribution in [-0.2, 0) is 4.79 Å². The van der Waals surface area contributed by atoms with Crippen LogP contribution in [-0.4, -0.2) is 29.1 Å². The minimum Gasteiger partial charge on any atom is -0.481 e. The van der Waals surface area contributed by atoms with E-state index < -0.39 is 16.8 Å². The van der Waals surface area contributed by atoms with Crippen LogP contribution < -0.4 is 4.90 Å². The topological polar surface area (TPSA) is 83.7 Å². The molecule has 1 aliphatic heterocycles. The van der Waals surface area contributed by atoms with Gasteiger partial charge >= 0.3 is 5.97 Å². The molecule has 1 aliphatic rings. The number of aliphatic carboxylic acids is 1. The van der Waals surface area contributed by atoms with Crippen LogP contribution in [0.15, 0.2) is 18.2 Å². The van der Waals surface area contributed by atoms with E-state index in [1.54, 1.807) is 24.0 Å². The van der Waals surface area contributed by atoms with Gasteiger partial charge in [0.25, 0.3) is 5.69 Å². The zero-order valence-electron chi connectivity index (χ0n) is 9.29. The maximum absolute atomic E-state index is 10.9. The first-order chi connectivity index (χ1) is 8.00. The monoisotopic (exact) mass is 236 g/mol. The molecule has 0 amide bonds. The highest BCUT2D eigenvalue weighted by molar-refractivity contribution is 5.77. The first kappa shape index (κ1) is 11.4. The summed E-state index contributed by atoms with van der Waals surface area (Å²) in [5.74, 6) is -1.27. The van der Waals surface area contributed by atoms with Gasteiger partial charge in [-0.05, 0) is 12.5 Å². The molecular weight excluding hydrogens is 224 g/mol. The second kappa shape index (κ2) is 4.04. The van der Waals surface area contributed by atoms with E-state index in [4.69, 9.17) is 5.11 Å². The molecule has 0 bridgehead atoms. The number of carboxylic acid groups (broad SMARTS) is 1. The van der Waals surface area contributed by atoms with Crippen molar-refractivity contribution in [1.29, 1.82) is 0 Å². The summed E-state index contributed by atoms with van der Waals surface area (Å²) in [6.07, 6.45) is 0. The molecule has 0 atom stereocenters. The largest absolute Gasteiger partial charge is 0.481 e. The Morgan fingerprint density at radius 3 is 2.71 bits per heavy atom. The average molecular weight is 236 g/mol. The Morgan fingerprint density at radius 2 is 2.18 bits per heavy atom. The zero-order valence-corrected chi connectivity index (χ0v) is 9.29. The minimum absolute atomic E-state index is 0.0360. The summed E-state index contributed by atoms with van der Waals surface area (Å²) in [7, 11) is 0. The predicted octanol–water partition coefficient (Wildman–Crippen LogP) is 1.42. The molecule has 1 N–H and O–H groups in total. The number of nitro groups is 1. The second-order valence-electron chi connectivity index (χ2n) is 4.14. The molecule has 0 unspecified atom stereocenters. The van der Waals surface area contributed by atoms with E-state index in [9.17, 15) is 14.9 Å². The lowest BCUT2D eigenvalue weighted by molar-refractivity contribution is -0.384. The molecule has 0 spiro atoms. The van der Waals surface area contributed by atoms with E-state index in [1.165, 1.54) is 6.07 Å². The fourth-order valence-electron chi connectivity index (χ4n) is 2.02. The van der Waals surface area contributed by atoms with E-state index in [1.807, 2.05) is 0 Å². The van der Waals surface area contributed by atoms with Crippen LogP contribution >= 0.6 is 0 Å². The standard InChI is InChI=1S/C11H12N2O4/c1-7-3-2-4-9(13(16)17)10(7)12-5-8(6-12)11(14)15/h2-4,8H,5-6H2,1H3,(H,14,15). The van der Waals surface area contributed by atoms with Crippen LogP contribution in [0, 0.1) is 23.0 Å². The summed E-state index contributed by atoms with van der Waals surface area (Å²) in [6, 6.07) is 4.86. The summed E-state index contributed by atoms with van der Waals surface area (Å²) in [6.45, 7) is 2.46. The molecule has 1 heterocycles.